The lowest BCUT2D eigenvalue weighted by molar-refractivity contribution is -0.0224. The van der Waals surface area contributed by atoms with E-state index in [2.05, 4.69) is 21.9 Å². The van der Waals surface area contributed by atoms with E-state index in [0.29, 0.717) is 34.9 Å². The average molecular weight is 425 g/mol. The predicted octanol–water partition coefficient (Wildman–Crippen LogP) is 3.80. The molecule has 4 heterocycles. The van der Waals surface area contributed by atoms with Crippen LogP contribution in [0.25, 0.3) is 21.9 Å². The van der Waals surface area contributed by atoms with Gasteiger partial charge in [-0.3, -0.25) is 0 Å². The van der Waals surface area contributed by atoms with Crippen molar-refractivity contribution in [2.24, 2.45) is 5.92 Å². The molecule has 0 radical (unpaired) electrons. The molecule has 3 atom stereocenters. The van der Waals surface area contributed by atoms with Crippen molar-refractivity contribution in [2.45, 2.75) is 25.7 Å². The number of aromatic nitrogens is 4. The standard InChI is InChI=1S/C21H21ClN6O2/c1-11-6-18(28-5-4-14-19(23)25-10-26-21(14)28)30-17(11)9-29-13-3-2-12-7-15(22)20(24)27-16(12)8-13/h2-5,7-8,10-11,17-18H,6,9H2,1H3,(H2,24,27)(H2,23,25,26). The number of hydrogen-bond acceptors (Lipinski definition) is 7. The molecular weight excluding hydrogens is 404 g/mol. The first-order chi connectivity index (χ1) is 14.5. The highest BCUT2D eigenvalue weighted by atomic mass is 35.5. The summed E-state index contributed by atoms with van der Waals surface area (Å²) in [6, 6.07) is 9.39. The molecule has 4 N–H and O–H groups in total. The number of ether oxygens (including phenoxy) is 2. The van der Waals surface area contributed by atoms with Crippen LogP contribution in [0.2, 0.25) is 5.02 Å². The van der Waals surface area contributed by atoms with Gasteiger partial charge < -0.3 is 25.5 Å². The largest absolute Gasteiger partial charge is 0.491 e. The number of fused-ring (bicyclic) bond motifs is 2. The maximum absolute atomic E-state index is 6.29. The van der Waals surface area contributed by atoms with Gasteiger partial charge in [0.25, 0.3) is 0 Å². The predicted molar refractivity (Wildman–Crippen MR) is 116 cm³/mol. The van der Waals surface area contributed by atoms with Crippen LogP contribution in [0, 0.1) is 5.92 Å². The molecule has 30 heavy (non-hydrogen) atoms. The summed E-state index contributed by atoms with van der Waals surface area (Å²) in [7, 11) is 0. The van der Waals surface area contributed by atoms with Crippen LogP contribution in [0.15, 0.2) is 42.9 Å². The van der Waals surface area contributed by atoms with Gasteiger partial charge in [-0.05, 0) is 36.6 Å². The molecule has 0 saturated carbocycles. The van der Waals surface area contributed by atoms with Gasteiger partial charge >= 0.3 is 0 Å². The van der Waals surface area contributed by atoms with Crippen molar-refractivity contribution in [3.8, 4) is 5.75 Å². The zero-order valence-corrected chi connectivity index (χ0v) is 17.1. The molecule has 9 heteroatoms. The summed E-state index contributed by atoms with van der Waals surface area (Å²) in [5, 5.41) is 2.18. The van der Waals surface area contributed by atoms with Crippen molar-refractivity contribution < 1.29 is 9.47 Å². The van der Waals surface area contributed by atoms with Gasteiger partial charge in [0.05, 0.1) is 22.0 Å². The summed E-state index contributed by atoms with van der Waals surface area (Å²) in [6.45, 7) is 2.59. The number of nitrogen functional groups attached to an aromatic ring is 2. The van der Waals surface area contributed by atoms with Gasteiger partial charge in [-0.2, -0.15) is 0 Å². The highest BCUT2D eigenvalue weighted by Crippen LogP contribution is 2.36. The average Bonchev–Trinajstić information content (AvgIpc) is 3.31. The Kier molecular flexibility index (Phi) is 4.60. The highest BCUT2D eigenvalue weighted by Gasteiger charge is 2.34. The summed E-state index contributed by atoms with van der Waals surface area (Å²) in [5.74, 6) is 1.80. The van der Waals surface area contributed by atoms with Gasteiger partial charge in [0.2, 0.25) is 0 Å². The number of rotatable bonds is 4. The van der Waals surface area contributed by atoms with E-state index in [1.807, 2.05) is 35.0 Å². The number of pyridine rings is 1. The summed E-state index contributed by atoms with van der Waals surface area (Å²) < 4.78 is 14.3. The zero-order valence-electron chi connectivity index (χ0n) is 16.3. The molecule has 0 aliphatic carbocycles. The number of benzene rings is 1. The second kappa shape index (κ2) is 7.30. The molecule has 3 aromatic heterocycles. The van der Waals surface area contributed by atoms with Crippen molar-refractivity contribution in [1.82, 2.24) is 19.5 Å². The third kappa shape index (κ3) is 3.28. The Bertz CT molecular complexity index is 1240. The maximum atomic E-state index is 6.29. The van der Waals surface area contributed by atoms with Crippen LogP contribution >= 0.6 is 11.6 Å². The Morgan fingerprint density at radius 2 is 2.07 bits per heavy atom. The van der Waals surface area contributed by atoms with Crippen LogP contribution in [-0.2, 0) is 4.74 Å². The quantitative estimate of drug-likeness (QED) is 0.512. The normalized spacial score (nSPS) is 21.5. The van der Waals surface area contributed by atoms with E-state index in [9.17, 15) is 0 Å². The molecule has 1 aliphatic heterocycles. The van der Waals surface area contributed by atoms with Gasteiger partial charge in [0, 0.05) is 17.6 Å². The summed E-state index contributed by atoms with van der Waals surface area (Å²) in [5.41, 5.74) is 13.3. The van der Waals surface area contributed by atoms with Gasteiger partial charge in [-0.1, -0.05) is 18.5 Å². The number of nitrogens with two attached hydrogens (primary N) is 2. The molecule has 0 amide bonds. The minimum atomic E-state index is -0.124. The molecule has 3 unspecified atom stereocenters. The van der Waals surface area contributed by atoms with E-state index in [4.69, 9.17) is 32.5 Å². The molecule has 4 aromatic rings. The van der Waals surface area contributed by atoms with E-state index < -0.39 is 0 Å². The fraction of sp³-hybridized carbons (Fsp3) is 0.286. The topological polar surface area (TPSA) is 114 Å². The molecule has 1 aliphatic rings. The third-order valence-electron chi connectivity index (χ3n) is 5.57. The SMILES string of the molecule is CC1CC(n2ccc3c(N)ncnc32)OC1COc1ccc2cc(Cl)c(N)nc2c1. The van der Waals surface area contributed by atoms with Crippen molar-refractivity contribution >= 4 is 45.2 Å². The van der Waals surface area contributed by atoms with Crippen LogP contribution in [0.5, 0.6) is 5.75 Å². The van der Waals surface area contributed by atoms with Crippen molar-refractivity contribution in [1.29, 1.82) is 0 Å². The monoisotopic (exact) mass is 424 g/mol. The maximum Gasteiger partial charge on any atom is 0.147 e. The van der Waals surface area contributed by atoms with E-state index in [-0.39, 0.29) is 12.3 Å². The van der Waals surface area contributed by atoms with Gasteiger partial charge in [0.15, 0.2) is 0 Å². The first-order valence-corrected chi connectivity index (χ1v) is 10.1. The molecule has 0 spiro atoms. The Balaban J connectivity index is 1.31. The Hall–Kier alpha value is -3.10. The number of nitrogens with zero attached hydrogens (tertiary/aromatic N) is 4. The Morgan fingerprint density at radius 3 is 2.93 bits per heavy atom. The van der Waals surface area contributed by atoms with Crippen LogP contribution in [0.1, 0.15) is 19.6 Å². The number of halogens is 1. The molecule has 1 fully saturated rings. The molecule has 8 nitrogen and oxygen atoms in total. The minimum absolute atomic E-state index is 0.0504. The van der Waals surface area contributed by atoms with Crippen molar-refractivity contribution in [3.63, 3.8) is 0 Å². The zero-order chi connectivity index (χ0) is 20.8. The smallest absolute Gasteiger partial charge is 0.147 e. The van der Waals surface area contributed by atoms with E-state index >= 15 is 0 Å². The van der Waals surface area contributed by atoms with Crippen LogP contribution in [0.4, 0.5) is 11.6 Å². The molecule has 0 bridgehead atoms. The van der Waals surface area contributed by atoms with E-state index in [1.54, 1.807) is 6.07 Å². The second-order valence-electron chi connectivity index (χ2n) is 7.58. The highest BCUT2D eigenvalue weighted by molar-refractivity contribution is 6.33. The Labute approximate surface area is 177 Å². The van der Waals surface area contributed by atoms with Gasteiger partial charge in [-0.15, -0.1) is 0 Å². The lowest BCUT2D eigenvalue weighted by Crippen LogP contribution is -2.23. The van der Waals surface area contributed by atoms with Gasteiger partial charge in [-0.25, -0.2) is 15.0 Å². The van der Waals surface area contributed by atoms with Crippen LogP contribution in [0.3, 0.4) is 0 Å². The molecule has 5 rings (SSSR count). The third-order valence-corrected chi connectivity index (χ3v) is 5.88. The van der Waals surface area contributed by atoms with E-state index in [0.717, 1.165) is 28.4 Å². The van der Waals surface area contributed by atoms with Crippen LogP contribution < -0.4 is 16.2 Å². The first-order valence-electron chi connectivity index (χ1n) is 9.70. The summed E-state index contributed by atoms with van der Waals surface area (Å²) in [4.78, 5) is 12.7. The minimum Gasteiger partial charge on any atom is -0.491 e. The van der Waals surface area contributed by atoms with Crippen molar-refractivity contribution in [3.05, 3.63) is 47.9 Å². The van der Waals surface area contributed by atoms with Crippen molar-refractivity contribution in [2.75, 3.05) is 18.1 Å². The fourth-order valence-electron chi connectivity index (χ4n) is 3.87. The second-order valence-corrected chi connectivity index (χ2v) is 7.99. The fourth-order valence-corrected chi connectivity index (χ4v) is 4.03. The lowest BCUT2D eigenvalue weighted by Gasteiger charge is -2.17. The lowest BCUT2D eigenvalue weighted by atomic mass is 10.0. The van der Waals surface area contributed by atoms with E-state index in [1.165, 1.54) is 6.33 Å². The Morgan fingerprint density at radius 1 is 1.20 bits per heavy atom. The molecule has 1 saturated heterocycles. The summed E-state index contributed by atoms with van der Waals surface area (Å²) >= 11 is 6.04. The number of hydrogen-bond donors (Lipinski definition) is 2. The first kappa shape index (κ1) is 18.9. The molecule has 154 valence electrons. The molecule has 1 aromatic carbocycles. The summed E-state index contributed by atoms with van der Waals surface area (Å²) in [6.07, 6.45) is 4.10. The van der Waals surface area contributed by atoms with Crippen LogP contribution in [-0.4, -0.2) is 32.2 Å². The molecular formula is C21H21ClN6O2. The number of anilines is 2. The van der Waals surface area contributed by atoms with Gasteiger partial charge in [0.1, 0.15) is 42.2 Å².